The monoisotopic (exact) mass is 316 g/mol. The number of hydrogen-bond acceptors (Lipinski definition) is 3. The van der Waals surface area contributed by atoms with Crippen molar-refractivity contribution >= 4 is 29.3 Å². The Kier molecular flexibility index (Phi) is 5.54. The van der Waals surface area contributed by atoms with Crippen molar-refractivity contribution in [3.05, 3.63) is 29.0 Å². The quantitative estimate of drug-likeness (QED) is 0.898. The van der Waals surface area contributed by atoms with Gasteiger partial charge in [0.05, 0.1) is 5.02 Å². The first-order valence-electron chi connectivity index (χ1n) is 6.34. The maximum atomic E-state index is 13.0. The van der Waals surface area contributed by atoms with E-state index in [2.05, 4.69) is 10.6 Å². The SMILES string of the molecule is CC(NC(=O)OC(C)(C)C)C(=O)Nc1ccc(F)c(Cl)c1. The zero-order valence-corrected chi connectivity index (χ0v) is 13.0. The first-order valence-corrected chi connectivity index (χ1v) is 6.72. The van der Waals surface area contributed by atoms with E-state index >= 15 is 0 Å². The van der Waals surface area contributed by atoms with Crippen LogP contribution in [0.1, 0.15) is 27.7 Å². The molecule has 0 heterocycles. The molecule has 0 fully saturated rings. The zero-order chi connectivity index (χ0) is 16.2. The van der Waals surface area contributed by atoms with E-state index in [0.29, 0.717) is 5.69 Å². The molecule has 1 aromatic carbocycles. The standard InChI is InChI=1S/C14H18ClFN2O3/c1-8(17-13(20)21-14(2,3)4)12(19)18-9-5-6-11(16)10(15)7-9/h5-8H,1-4H3,(H,17,20)(H,18,19). The second-order valence-electron chi connectivity index (χ2n) is 5.49. The number of carbonyl (C=O) groups excluding carboxylic acids is 2. The van der Waals surface area contributed by atoms with Gasteiger partial charge in [0.1, 0.15) is 17.5 Å². The lowest BCUT2D eigenvalue weighted by molar-refractivity contribution is -0.117. The van der Waals surface area contributed by atoms with Gasteiger partial charge in [0.25, 0.3) is 0 Å². The molecule has 0 aliphatic carbocycles. The van der Waals surface area contributed by atoms with Crippen LogP contribution in [0.15, 0.2) is 18.2 Å². The van der Waals surface area contributed by atoms with E-state index in [1.54, 1.807) is 20.8 Å². The number of nitrogens with one attached hydrogen (secondary N) is 2. The molecule has 0 aliphatic rings. The highest BCUT2D eigenvalue weighted by Gasteiger charge is 2.21. The fraction of sp³-hybridized carbons (Fsp3) is 0.429. The van der Waals surface area contributed by atoms with Crippen LogP contribution in [-0.2, 0) is 9.53 Å². The van der Waals surface area contributed by atoms with Gasteiger partial charge in [0.15, 0.2) is 0 Å². The van der Waals surface area contributed by atoms with Gasteiger partial charge in [-0.05, 0) is 45.9 Å². The van der Waals surface area contributed by atoms with Crippen LogP contribution in [0.2, 0.25) is 5.02 Å². The molecule has 0 aromatic heterocycles. The topological polar surface area (TPSA) is 67.4 Å². The van der Waals surface area contributed by atoms with Crippen LogP contribution in [-0.4, -0.2) is 23.6 Å². The van der Waals surface area contributed by atoms with Gasteiger partial charge in [0, 0.05) is 5.69 Å². The van der Waals surface area contributed by atoms with Crippen LogP contribution in [0.25, 0.3) is 0 Å². The Morgan fingerprint density at radius 3 is 2.48 bits per heavy atom. The van der Waals surface area contributed by atoms with Crippen molar-refractivity contribution in [2.75, 3.05) is 5.32 Å². The molecule has 0 radical (unpaired) electrons. The van der Waals surface area contributed by atoms with E-state index in [0.717, 1.165) is 6.07 Å². The van der Waals surface area contributed by atoms with Gasteiger partial charge in [-0.3, -0.25) is 4.79 Å². The predicted molar refractivity (Wildman–Crippen MR) is 78.9 cm³/mol. The third-order valence-electron chi connectivity index (χ3n) is 2.31. The molecule has 21 heavy (non-hydrogen) atoms. The maximum absolute atomic E-state index is 13.0. The Balaban J connectivity index is 2.58. The molecule has 2 amide bonds. The highest BCUT2D eigenvalue weighted by Crippen LogP contribution is 2.19. The van der Waals surface area contributed by atoms with Gasteiger partial charge in [-0.1, -0.05) is 11.6 Å². The number of alkyl carbamates (subject to hydrolysis) is 1. The van der Waals surface area contributed by atoms with Gasteiger partial charge < -0.3 is 15.4 Å². The molecule has 0 bridgehead atoms. The lowest BCUT2D eigenvalue weighted by Gasteiger charge is -2.21. The lowest BCUT2D eigenvalue weighted by atomic mass is 10.2. The average Bonchev–Trinajstić information content (AvgIpc) is 2.31. The molecular formula is C14H18ClFN2O3. The van der Waals surface area contributed by atoms with Crippen LogP contribution in [0, 0.1) is 5.82 Å². The number of ether oxygens (including phenoxy) is 1. The number of amides is 2. The largest absolute Gasteiger partial charge is 0.444 e. The summed E-state index contributed by atoms with van der Waals surface area (Å²) in [4.78, 5) is 23.4. The first-order chi connectivity index (χ1) is 9.58. The summed E-state index contributed by atoms with van der Waals surface area (Å²) in [5, 5.41) is 4.82. The highest BCUT2D eigenvalue weighted by molar-refractivity contribution is 6.31. The maximum Gasteiger partial charge on any atom is 0.408 e. The Morgan fingerprint density at radius 2 is 1.95 bits per heavy atom. The van der Waals surface area contributed by atoms with Crippen molar-refractivity contribution in [1.29, 1.82) is 0 Å². The Hall–Kier alpha value is -1.82. The minimum atomic E-state index is -0.816. The van der Waals surface area contributed by atoms with Crippen LogP contribution < -0.4 is 10.6 Å². The second kappa shape index (κ2) is 6.76. The van der Waals surface area contributed by atoms with E-state index in [-0.39, 0.29) is 5.02 Å². The molecule has 1 rings (SSSR count). The van der Waals surface area contributed by atoms with E-state index in [1.165, 1.54) is 19.1 Å². The van der Waals surface area contributed by atoms with Gasteiger partial charge in [-0.2, -0.15) is 0 Å². The van der Waals surface area contributed by atoms with E-state index in [4.69, 9.17) is 16.3 Å². The third-order valence-corrected chi connectivity index (χ3v) is 2.60. The van der Waals surface area contributed by atoms with Crippen molar-refractivity contribution < 1.29 is 18.7 Å². The van der Waals surface area contributed by atoms with Crippen molar-refractivity contribution in [3.8, 4) is 0 Å². The molecule has 5 nitrogen and oxygen atoms in total. The molecule has 116 valence electrons. The molecule has 1 unspecified atom stereocenters. The summed E-state index contributed by atoms with van der Waals surface area (Å²) in [7, 11) is 0. The number of rotatable bonds is 3. The van der Waals surface area contributed by atoms with Crippen LogP contribution in [0.5, 0.6) is 0 Å². The summed E-state index contributed by atoms with van der Waals surface area (Å²) in [5.74, 6) is -1.04. The first kappa shape index (κ1) is 17.2. The van der Waals surface area contributed by atoms with Crippen LogP contribution in [0.3, 0.4) is 0 Å². The average molecular weight is 317 g/mol. The summed E-state index contributed by atoms with van der Waals surface area (Å²) in [6.45, 7) is 6.66. The van der Waals surface area contributed by atoms with Crippen molar-refractivity contribution in [1.82, 2.24) is 5.32 Å². The molecular weight excluding hydrogens is 299 g/mol. The van der Waals surface area contributed by atoms with Gasteiger partial charge in [-0.15, -0.1) is 0 Å². The Bertz CT molecular complexity index is 544. The van der Waals surface area contributed by atoms with Crippen LogP contribution >= 0.6 is 11.6 Å². The summed E-state index contributed by atoms with van der Waals surface area (Å²) in [6.07, 6.45) is -0.692. The smallest absolute Gasteiger partial charge is 0.408 e. The number of halogens is 2. The van der Waals surface area contributed by atoms with E-state index in [9.17, 15) is 14.0 Å². The fourth-order valence-corrected chi connectivity index (χ4v) is 1.55. The Morgan fingerprint density at radius 1 is 1.33 bits per heavy atom. The summed E-state index contributed by atoms with van der Waals surface area (Å²) >= 11 is 5.62. The molecule has 2 N–H and O–H groups in total. The van der Waals surface area contributed by atoms with Crippen molar-refractivity contribution in [3.63, 3.8) is 0 Å². The number of benzene rings is 1. The predicted octanol–water partition coefficient (Wildman–Crippen LogP) is 3.33. The third kappa shape index (κ3) is 5.99. The molecule has 0 saturated heterocycles. The molecule has 1 aromatic rings. The highest BCUT2D eigenvalue weighted by atomic mass is 35.5. The normalized spacial score (nSPS) is 12.5. The van der Waals surface area contributed by atoms with E-state index < -0.39 is 29.5 Å². The molecule has 7 heteroatoms. The minimum absolute atomic E-state index is 0.0967. The van der Waals surface area contributed by atoms with Gasteiger partial charge in [0.2, 0.25) is 5.91 Å². The van der Waals surface area contributed by atoms with Gasteiger partial charge >= 0.3 is 6.09 Å². The summed E-state index contributed by atoms with van der Waals surface area (Å²) in [6, 6.07) is 2.99. The molecule has 1 atom stereocenters. The molecule has 0 aliphatic heterocycles. The molecule has 0 saturated carbocycles. The summed E-state index contributed by atoms with van der Waals surface area (Å²) < 4.78 is 18.0. The zero-order valence-electron chi connectivity index (χ0n) is 12.3. The number of carbonyl (C=O) groups is 2. The number of anilines is 1. The Labute approximate surface area is 127 Å². The minimum Gasteiger partial charge on any atom is -0.444 e. The van der Waals surface area contributed by atoms with Crippen LogP contribution in [0.4, 0.5) is 14.9 Å². The van der Waals surface area contributed by atoms with Crippen molar-refractivity contribution in [2.24, 2.45) is 0 Å². The summed E-state index contributed by atoms with van der Waals surface area (Å²) in [5.41, 5.74) is -0.311. The van der Waals surface area contributed by atoms with Crippen molar-refractivity contribution in [2.45, 2.75) is 39.3 Å². The fourth-order valence-electron chi connectivity index (χ4n) is 1.37. The van der Waals surface area contributed by atoms with E-state index in [1.807, 2.05) is 0 Å². The van der Waals surface area contributed by atoms with Gasteiger partial charge in [-0.25, -0.2) is 9.18 Å². The lowest BCUT2D eigenvalue weighted by Crippen LogP contribution is -2.43. The molecule has 0 spiro atoms. The number of hydrogen-bond donors (Lipinski definition) is 2. The second-order valence-corrected chi connectivity index (χ2v) is 5.89.